The van der Waals surface area contributed by atoms with Crippen LogP contribution in [0.25, 0.3) is 17.2 Å². The van der Waals surface area contributed by atoms with E-state index in [9.17, 15) is 27.6 Å². The van der Waals surface area contributed by atoms with Crippen LogP contribution in [0.1, 0.15) is 22.3 Å². The molecule has 14 heteroatoms. The monoisotopic (exact) mass is 671 g/mol. The number of carbonyl (C=O) groups excluding carboxylic acids is 2. The van der Waals surface area contributed by atoms with Crippen molar-refractivity contribution in [2.75, 3.05) is 51.3 Å². The first-order valence-corrected chi connectivity index (χ1v) is 15.4. The van der Waals surface area contributed by atoms with Crippen LogP contribution in [0.2, 0.25) is 0 Å². The van der Waals surface area contributed by atoms with Gasteiger partial charge >= 0.3 is 5.97 Å². The second kappa shape index (κ2) is 14.9. The number of amides is 2. The zero-order valence-electron chi connectivity index (χ0n) is 24.3. The molecule has 2 N–H and O–H groups in total. The minimum Gasteiger partial charge on any atom is -0.492 e. The number of morpholine rings is 1. The van der Waals surface area contributed by atoms with Crippen molar-refractivity contribution in [2.24, 2.45) is 0 Å². The Morgan fingerprint density at radius 2 is 1.74 bits per heavy atom. The molecule has 240 valence electrons. The molecular formula is C32H28F3N3O6S2. The van der Waals surface area contributed by atoms with Gasteiger partial charge in [-0.1, -0.05) is 30.0 Å². The van der Waals surface area contributed by atoms with Crippen molar-refractivity contribution in [3.8, 4) is 16.9 Å². The van der Waals surface area contributed by atoms with Crippen LogP contribution in [0.3, 0.4) is 0 Å². The molecule has 2 saturated heterocycles. The molecule has 2 fully saturated rings. The Morgan fingerprint density at radius 1 is 1.00 bits per heavy atom. The molecule has 46 heavy (non-hydrogen) atoms. The Bertz CT molecular complexity index is 1690. The summed E-state index contributed by atoms with van der Waals surface area (Å²) in [6.07, 6.45) is 1.42. The lowest BCUT2D eigenvalue weighted by molar-refractivity contribution is -0.122. The summed E-state index contributed by atoms with van der Waals surface area (Å²) in [4.78, 5) is 40.6. The molecule has 9 nitrogen and oxygen atoms in total. The highest BCUT2D eigenvalue weighted by Crippen LogP contribution is 2.36. The topological polar surface area (TPSA) is 108 Å². The number of anilines is 1. The number of nitrogens with one attached hydrogen (secondary N) is 1. The van der Waals surface area contributed by atoms with E-state index in [0.29, 0.717) is 48.8 Å². The largest absolute Gasteiger partial charge is 0.492 e. The quantitative estimate of drug-likeness (QED) is 0.204. The van der Waals surface area contributed by atoms with E-state index in [0.717, 1.165) is 43.1 Å². The maximum absolute atomic E-state index is 14.0. The second-order valence-electron chi connectivity index (χ2n) is 10.3. The van der Waals surface area contributed by atoms with Gasteiger partial charge in [-0.05, 0) is 59.7 Å². The number of carboxylic acids is 1. The van der Waals surface area contributed by atoms with E-state index >= 15 is 0 Å². The molecule has 0 spiro atoms. The number of carbonyl (C=O) groups is 3. The van der Waals surface area contributed by atoms with Gasteiger partial charge in [-0.15, -0.1) is 0 Å². The maximum atomic E-state index is 14.0. The summed E-state index contributed by atoms with van der Waals surface area (Å²) in [5.74, 6) is -4.40. The number of halogens is 3. The Balaban J connectivity index is 1.31. The Hall–Kier alpha value is -4.24. The molecule has 0 unspecified atom stereocenters. The van der Waals surface area contributed by atoms with Crippen LogP contribution in [0, 0.1) is 17.5 Å². The third-order valence-corrected chi connectivity index (χ3v) is 8.56. The van der Waals surface area contributed by atoms with E-state index < -0.39 is 40.8 Å². The van der Waals surface area contributed by atoms with E-state index in [1.165, 1.54) is 23.1 Å². The number of thiocarbonyl (C=S) groups is 1. The summed E-state index contributed by atoms with van der Waals surface area (Å²) in [7, 11) is 0. The van der Waals surface area contributed by atoms with Crippen molar-refractivity contribution in [1.82, 2.24) is 9.80 Å². The van der Waals surface area contributed by atoms with Crippen molar-refractivity contribution < 1.29 is 42.1 Å². The first-order valence-electron chi connectivity index (χ1n) is 14.2. The average Bonchev–Trinajstić information content (AvgIpc) is 3.27. The highest BCUT2D eigenvalue weighted by atomic mass is 32.2. The molecule has 2 aliphatic heterocycles. The van der Waals surface area contributed by atoms with Crippen molar-refractivity contribution in [3.63, 3.8) is 0 Å². The molecule has 5 rings (SSSR count). The van der Waals surface area contributed by atoms with Crippen LogP contribution in [0.15, 0.2) is 59.5 Å². The van der Waals surface area contributed by atoms with Crippen molar-refractivity contribution in [1.29, 1.82) is 0 Å². The fourth-order valence-corrected chi connectivity index (χ4v) is 6.14. The minimum absolute atomic E-state index is 0.0605. The van der Waals surface area contributed by atoms with E-state index in [1.54, 1.807) is 24.3 Å². The maximum Gasteiger partial charge on any atom is 0.338 e. The molecule has 0 aromatic heterocycles. The average molecular weight is 672 g/mol. The van der Waals surface area contributed by atoms with Crippen LogP contribution < -0.4 is 10.1 Å². The highest BCUT2D eigenvalue weighted by molar-refractivity contribution is 8.26. The molecule has 2 aliphatic rings. The summed E-state index contributed by atoms with van der Waals surface area (Å²) in [6.45, 7) is 3.81. The Labute approximate surface area is 272 Å². The molecule has 0 radical (unpaired) electrons. The number of ether oxygens (including phenoxy) is 2. The predicted octanol–water partition coefficient (Wildman–Crippen LogP) is 5.41. The van der Waals surface area contributed by atoms with Gasteiger partial charge in [-0.2, -0.15) is 0 Å². The van der Waals surface area contributed by atoms with Gasteiger partial charge in [-0.25, -0.2) is 18.0 Å². The van der Waals surface area contributed by atoms with Gasteiger partial charge in [0.2, 0.25) is 5.91 Å². The van der Waals surface area contributed by atoms with Gasteiger partial charge < -0.3 is 19.9 Å². The SMILES string of the molecule is O=C(CCN1C(=O)/C(=C/c2cc(-c3cc(F)cc(F)c3)ccc2OCCN2CCOCC2)SC1=S)Nc1ccc(C(=O)O)c(F)c1. The van der Waals surface area contributed by atoms with Gasteiger partial charge in [0.25, 0.3) is 5.91 Å². The van der Waals surface area contributed by atoms with Gasteiger partial charge in [0, 0.05) is 49.9 Å². The fraction of sp³-hybridized carbons (Fsp3) is 0.250. The summed E-state index contributed by atoms with van der Waals surface area (Å²) < 4.78 is 53.7. The van der Waals surface area contributed by atoms with Crippen LogP contribution in [-0.4, -0.2) is 83.0 Å². The number of benzene rings is 3. The number of aromatic carboxylic acids is 1. The van der Waals surface area contributed by atoms with Crippen molar-refractivity contribution in [2.45, 2.75) is 6.42 Å². The fourth-order valence-electron chi connectivity index (χ4n) is 4.84. The van der Waals surface area contributed by atoms with Gasteiger partial charge in [-0.3, -0.25) is 19.4 Å². The molecule has 2 amide bonds. The summed E-state index contributed by atoms with van der Waals surface area (Å²) in [6, 6.07) is 11.4. The number of hydrogen-bond acceptors (Lipinski definition) is 8. The van der Waals surface area contributed by atoms with Crippen LogP contribution in [0.4, 0.5) is 18.9 Å². The lowest BCUT2D eigenvalue weighted by Crippen LogP contribution is -2.38. The Kier molecular flexibility index (Phi) is 10.7. The second-order valence-corrected chi connectivity index (χ2v) is 12.0. The smallest absolute Gasteiger partial charge is 0.338 e. The van der Waals surface area contributed by atoms with Crippen LogP contribution >= 0.6 is 24.0 Å². The molecule has 2 heterocycles. The molecule has 0 atom stereocenters. The van der Waals surface area contributed by atoms with E-state index in [2.05, 4.69) is 10.2 Å². The van der Waals surface area contributed by atoms with E-state index in [-0.39, 0.29) is 27.9 Å². The van der Waals surface area contributed by atoms with E-state index in [1.807, 2.05) is 0 Å². The molecule has 3 aromatic carbocycles. The van der Waals surface area contributed by atoms with Gasteiger partial charge in [0.15, 0.2) is 0 Å². The van der Waals surface area contributed by atoms with Crippen LogP contribution in [0.5, 0.6) is 5.75 Å². The van der Waals surface area contributed by atoms with E-state index in [4.69, 9.17) is 26.8 Å². The van der Waals surface area contributed by atoms with Crippen LogP contribution in [-0.2, 0) is 14.3 Å². The lowest BCUT2D eigenvalue weighted by atomic mass is 10.0. The minimum atomic E-state index is -1.43. The zero-order valence-corrected chi connectivity index (χ0v) is 25.9. The molecule has 0 aliphatic carbocycles. The number of thioether (sulfide) groups is 1. The molecule has 3 aromatic rings. The predicted molar refractivity (Wildman–Crippen MR) is 171 cm³/mol. The summed E-state index contributed by atoms with van der Waals surface area (Å²) in [5, 5.41) is 11.5. The normalized spacial score (nSPS) is 16.2. The standard InChI is InChI=1S/C32H28F3N3O6S2/c33-22-14-20(15-23(34)17-22)19-1-4-27(44-12-9-37-7-10-43-11-8-37)21(13-19)16-28-30(40)38(32(45)46-28)6-5-29(39)36-24-2-3-25(31(41)42)26(35)18-24/h1-4,13-18H,5-12H2,(H,36,39)(H,41,42)/b28-16-. The third kappa shape index (κ3) is 8.31. The molecular weight excluding hydrogens is 643 g/mol. The first-order chi connectivity index (χ1) is 22.1. The molecule has 0 bridgehead atoms. The number of hydrogen-bond donors (Lipinski definition) is 2. The molecule has 0 saturated carbocycles. The number of nitrogens with zero attached hydrogens (tertiary/aromatic N) is 2. The zero-order chi connectivity index (χ0) is 32.8. The lowest BCUT2D eigenvalue weighted by Gasteiger charge is -2.26. The van der Waals surface area contributed by atoms with Gasteiger partial charge in [0.05, 0.1) is 23.7 Å². The highest BCUT2D eigenvalue weighted by Gasteiger charge is 2.32. The third-order valence-electron chi connectivity index (χ3n) is 7.18. The summed E-state index contributed by atoms with van der Waals surface area (Å²) >= 11 is 6.45. The summed E-state index contributed by atoms with van der Waals surface area (Å²) in [5.41, 5.74) is 0.848. The van der Waals surface area contributed by atoms with Crippen molar-refractivity contribution in [3.05, 3.63) is 88.1 Å². The number of carboxylic acid groups (broad SMARTS) is 1. The first kappa shape index (κ1) is 33.1. The van der Waals surface area contributed by atoms with Crippen molar-refractivity contribution >= 4 is 57.8 Å². The Morgan fingerprint density at radius 3 is 2.43 bits per heavy atom. The van der Waals surface area contributed by atoms with Gasteiger partial charge in [0.1, 0.15) is 34.1 Å². The number of rotatable bonds is 11.